The van der Waals surface area contributed by atoms with Gasteiger partial charge in [0.15, 0.2) is 0 Å². The number of rotatable bonds is 5. The summed E-state index contributed by atoms with van der Waals surface area (Å²) >= 11 is 0. The molecule has 1 aliphatic rings. The van der Waals surface area contributed by atoms with Crippen LogP contribution in [0.1, 0.15) is 33.6 Å². The van der Waals surface area contributed by atoms with Crippen LogP contribution in [0.2, 0.25) is 0 Å². The molecule has 1 unspecified atom stereocenters. The number of carbonyl (C=O) groups is 1. The van der Waals surface area contributed by atoms with Crippen LogP contribution in [0.5, 0.6) is 0 Å². The molecule has 100 valence electrons. The summed E-state index contributed by atoms with van der Waals surface area (Å²) in [5.41, 5.74) is 5.48. The number of hydrogen-bond acceptors (Lipinski definition) is 3. The fraction of sp³-hybridized carbons (Fsp3) is 0.923. The first-order valence-electron chi connectivity index (χ1n) is 6.79. The fourth-order valence-corrected chi connectivity index (χ4v) is 2.32. The molecule has 1 aliphatic heterocycles. The van der Waals surface area contributed by atoms with Gasteiger partial charge in [-0.05, 0) is 33.2 Å². The normalized spacial score (nSPS) is 19.7. The quantitative estimate of drug-likeness (QED) is 0.778. The van der Waals surface area contributed by atoms with Gasteiger partial charge in [0.25, 0.3) is 0 Å². The van der Waals surface area contributed by atoms with Crippen molar-refractivity contribution < 1.29 is 4.79 Å². The number of piperazine rings is 1. The molecule has 0 saturated carbocycles. The van der Waals surface area contributed by atoms with Gasteiger partial charge in [0.1, 0.15) is 0 Å². The minimum absolute atomic E-state index is 0.129. The van der Waals surface area contributed by atoms with Gasteiger partial charge in [-0.1, -0.05) is 6.92 Å². The predicted octanol–water partition coefficient (Wildman–Crippen LogP) is 0.914. The van der Waals surface area contributed by atoms with E-state index in [9.17, 15) is 4.79 Å². The molecule has 0 spiro atoms. The zero-order valence-electron chi connectivity index (χ0n) is 11.5. The predicted molar refractivity (Wildman–Crippen MR) is 70.7 cm³/mol. The Balaban J connectivity index is 2.35. The molecule has 1 rings (SSSR count). The Hall–Kier alpha value is -0.610. The molecule has 0 radical (unpaired) electrons. The molecule has 1 atom stereocenters. The lowest BCUT2D eigenvalue weighted by molar-refractivity contribution is -0.137. The Kier molecular flexibility index (Phi) is 5.92. The minimum atomic E-state index is 0.129. The lowest BCUT2D eigenvalue weighted by Crippen LogP contribution is -2.51. The zero-order chi connectivity index (χ0) is 12.8. The van der Waals surface area contributed by atoms with Gasteiger partial charge in [-0.25, -0.2) is 0 Å². The molecular formula is C13H27N3O. The molecule has 4 nitrogen and oxygen atoms in total. The molecule has 0 aromatic heterocycles. The molecule has 0 aliphatic carbocycles. The third-order valence-electron chi connectivity index (χ3n) is 3.62. The van der Waals surface area contributed by atoms with Crippen molar-refractivity contribution in [3.05, 3.63) is 0 Å². The number of nitrogens with zero attached hydrogens (tertiary/aromatic N) is 2. The van der Waals surface area contributed by atoms with Gasteiger partial charge in [0, 0.05) is 38.1 Å². The van der Waals surface area contributed by atoms with E-state index < -0.39 is 0 Å². The second-order valence-corrected chi connectivity index (χ2v) is 5.29. The van der Waals surface area contributed by atoms with E-state index >= 15 is 0 Å². The minimum Gasteiger partial charge on any atom is -0.340 e. The largest absolute Gasteiger partial charge is 0.340 e. The Bertz CT molecular complexity index is 235. The SMILES string of the molecule is CC(CCCN)C(=O)N1CCN(C(C)C)CC1. The van der Waals surface area contributed by atoms with Crippen LogP contribution in [-0.4, -0.2) is 54.5 Å². The van der Waals surface area contributed by atoms with E-state index in [1.165, 1.54) is 0 Å². The molecule has 4 heteroatoms. The van der Waals surface area contributed by atoms with Crippen LogP contribution in [0, 0.1) is 5.92 Å². The van der Waals surface area contributed by atoms with E-state index in [-0.39, 0.29) is 5.92 Å². The van der Waals surface area contributed by atoms with Gasteiger partial charge in [-0.15, -0.1) is 0 Å². The van der Waals surface area contributed by atoms with Crippen LogP contribution in [0.15, 0.2) is 0 Å². The van der Waals surface area contributed by atoms with Crippen molar-refractivity contribution >= 4 is 5.91 Å². The average Bonchev–Trinajstić information content (AvgIpc) is 2.35. The Morgan fingerprint density at radius 2 is 1.76 bits per heavy atom. The third kappa shape index (κ3) is 4.28. The van der Waals surface area contributed by atoms with E-state index in [0.29, 0.717) is 18.5 Å². The van der Waals surface area contributed by atoms with Crippen LogP contribution in [0.25, 0.3) is 0 Å². The highest BCUT2D eigenvalue weighted by Gasteiger charge is 2.25. The van der Waals surface area contributed by atoms with Gasteiger partial charge in [0.2, 0.25) is 5.91 Å². The standard InChI is InChI=1S/C13H27N3O/c1-11(2)15-7-9-16(10-8-15)13(17)12(3)5-4-6-14/h11-12H,4-10,14H2,1-3H3. The van der Waals surface area contributed by atoms with E-state index in [2.05, 4.69) is 18.7 Å². The maximum atomic E-state index is 12.1. The summed E-state index contributed by atoms with van der Waals surface area (Å²) in [4.78, 5) is 16.6. The van der Waals surface area contributed by atoms with Crippen molar-refractivity contribution in [2.24, 2.45) is 11.7 Å². The van der Waals surface area contributed by atoms with Crippen molar-refractivity contribution in [1.29, 1.82) is 0 Å². The molecule has 1 saturated heterocycles. The zero-order valence-corrected chi connectivity index (χ0v) is 11.5. The Labute approximate surface area is 105 Å². The van der Waals surface area contributed by atoms with Crippen LogP contribution >= 0.6 is 0 Å². The lowest BCUT2D eigenvalue weighted by atomic mass is 10.0. The Morgan fingerprint density at radius 3 is 2.24 bits per heavy atom. The lowest BCUT2D eigenvalue weighted by Gasteiger charge is -2.38. The highest BCUT2D eigenvalue weighted by atomic mass is 16.2. The van der Waals surface area contributed by atoms with Gasteiger partial charge in [-0.3, -0.25) is 9.69 Å². The molecule has 0 aromatic rings. The summed E-state index contributed by atoms with van der Waals surface area (Å²) in [5.74, 6) is 0.436. The van der Waals surface area contributed by atoms with Crippen molar-refractivity contribution in [2.45, 2.75) is 39.7 Å². The first-order chi connectivity index (χ1) is 8.06. The summed E-state index contributed by atoms with van der Waals surface area (Å²) in [7, 11) is 0. The van der Waals surface area contributed by atoms with Gasteiger partial charge >= 0.3 is 0 Å². The number of carbonyl (C=O) groups excluding carboxylic acids is 1. The monoisotopic (exact) mass is 241 g/mol. The van der Waals surface area contributed by atoms with Crippen LogP contribution in [0.3, 0.4) is 0 Å². The van der Waals surface area contributed by atoms with Gasteiger partial charge in [0.05, 0.1) is 0 Å². The Morgan fingerprint density at radius 1 is 1.18 bits per heavy atom. The van der Waals surface area contributed by atoms with Gasteiger partial charge < -0.3 is 10.6 Å². The summed E-state index contributed by atoms with van der Waals surface area (Å²) in [6, 6.07) is 0.585. The second-order valence-electron chi connectivity index (χ2n) is 5.29. The molecule has 0 bridgehead atoms. The summed E-state index contributed by atoms with van der Waals surface area (Å²) < 4.78 is 0. The van der Waals surface area contributed by atoms with Crippen molar-refractivity contribution in [3.63, 3.8) is 0 Å². The third-order valence-corrected chi connectivity index (χ3v) is 3.62. The summed E-state index contributed by atoms with van der Waals surface area (Å²) in [6.07, 6.45) is 1.86. The molecular weight excluding hydrogens is 214 g/mol. The molecule has 1 fully saturated rings. The molecule has 1 amide bonds. The maximum Gasteiger partial charge on any atom is 0.225 e. The van der Waals surface area contributed by atoms with Crippen molar-refractivity contribution in [2.75, 3.05) is 32.7 Å². The van der Waals surface area contributed by atoms with Crippen LogP contribution in [0.4, 0.5) is 0 Å². The number of nitrogens with two attached hydrogens (primary N) is 1. The topological polar surface area (TPSA) is 49.6 Å². The smallest absolute Gasteiger partial charge is 0.225 e. The first-order valence-corrected chi connectivity index (χ1v) is 6.79. The molecule has 2 N–H and O–H groups in total. The number of hydrogen-bond donors (Lipinski definition) is 1. The average molecular weight is 241 g/mol. The van der Waals surface area contributed by atoms with Crippen LogP contribution < -0.4 is 5.73 Å². The van der Waals surface area contributed by atoms with Crippen molar-refractivity contribution in [3.8, 4) is 0 Å². The number of amides is 1. The molecule has 0 aromatic carbocycles. The van der Waals surface area contributed by atoms with Crippen LogP contribution in [-0.2, 0) is 4.79 Å². The fourth-order valence-electron chi connectivity index (χ4n) is 2.32. The highest BCUT2D eigenvalue weighted by Crippen LogP contribution is 2.13. The second kappa shape index (κ2) is 6.97. The van der Waals surface area contributed by atoms with Gasteiger partial charge in [-0.2, -0.15) is 0 Å². The highest BCUT2D eigenvalue weighted by molar-refractivity contribution is 5.78. The molecule has 17 heavy (non-hydrogen) atoms. The first kappa shape index (κ1) is 14.5. The van der Waals surface area contributed by atoms with Crippen molar-refractivity contribution in [1.82, 2.24) is 9.80 Å². The van der Waals surface area contributed by atoms with E-state index in [1.807, 2.05) is 11.8 Å². The summed E-state index contributed by atoms with van der Waals surface area (Å²) in [5, 5.41) is 0. The maximum absolute atomic E-state index is 12.1. The van der Waals surface area contributed by atoms with E-state index in [0.717, 1.165) is 39.0 Å². The summed E-state index contributed by atoms with van der Waals surface area (Å²) in [6.45, 7) is 10.9. The molecule has 1 heterocycles. The van der Waals surface area contributed by atoms with E-state index in [4.69, 9.17) is 5.73 Å². The van der Waals surface area contributed by atoms with E-state index in [1.54, 1.807) is 0 Å².